The molecule has 0 saturated heterocycles. The van der Waals surface area contributed by atoms with Crippen LogP contribution in [0.2, 0.25) is 0 Å². The van der Waals surface area contributed by atoms with E-state index in [9.17, 15) is 4.79 Å². The molecule has 1 N–H and O–H groups in total. The van der Waals surface area contributed by atoms with Gasteiger partial charge in [-0.25, -0.2) is 9.50 Å². The van der Waals surface area contributed by atoms with Crippen molar-refractivity contribution in [3.8, 4) is 0 Å². The Morgan fingerprint density at radius 1 is 1.29 bits per heavy atom. The van der Waals surface area contributed by atoms with Crippen molar-refractivity contribution in [2.24, 2.45) is 0 Å². The number of aromatic nitrogens is 3. The second-order valence-corrected chi connectivity index (χ2v) is 6.12. The van der Waals surface area contributed by atoms with E-state index in [4.69, 9.17) is 0 Å². The highest BCUT2D eigenvalue weighted by molar-refractivity contribution is 7.16. The van der Waals surface area contributed by atoms with E-state index in [0.29, 0.717) is 5.57 Å². The fraction of sp³-hybridized carbons (Fsp3) is 0.133. The Kier molecular flexibility index (Phi) is 2.49. The van der Waals surface area contributed by atoms with Crippen molar-refractivity contribution in [2.45, 2.75) is 13.8 Å². The highest BCUT2D eigenvalue weighted by Crippen LogP contribution is 2.33. The first kappa shape index (κ1) is 12.3. The zero-order chi connectivity index (χ0) is 14.6. The lowest BCUT2D eigenvalue weighted by Gasteiger charge is -1.98. The first-order chi connectivity index (χ1) is 10.1. The first-order valence-corrected chi connectivity index (χ1v) is 7.40. The Balaban J connectivity index is 1.94. The van der Waals surface area contributed by atoms with E-state index >= 15 is 0 Å². The van der Waals surface area contributed by atoms with Crippen LogP contribution in [-0.2, 0) is 4.79 Å². The molecule has 1 amide bonds. The largest absolute Gasteiger partial charge is 0.321 e. The van der Waals surface area contributed by atoms with Crippen molar-refractivity contribution in [3.05, 3.63) is 46.2 Å². The molecule has 1 aliphatic heterocycles. The Morgan fingerprint density at radius 3 is 2.95 bits per heavy atom. The van der Waals surface area contributed by atoms with Gasteiger partial charge in [-0.3, -0.25) is 4.79 Å². The van der Waals surface area contributed by atoms with Gasteiger partial charge in [-0.05, 0) is 26.0 Å². The molecule has 3 heterocycles. The Bertz CT molecular complexity index is 919. The Labute approximate surface area is 124 Å². The summed E-state index contributed by atoms with van der Waals surface area (Å²) in [5.74, 6) is -0.0856. The van der Waals surface area contributed by atoms with Crippen molar-refractivity contribution >= 4 is 39.5 Å². The lowest BCUT2D eigenvalue weighted by molar-refractivity contribution is -0.110. The molecule has 0 spiro atoms. The molecule has 0 fully saturated rings. The monoisotopic (exact) mass is 296 g/mol. The summed E-state index contributed by atoms with van der Waals surface area (Å²) < 4.78 is 1.80. The van der Waals surface area contributed by atoms with Gasteiger partial charge in [0.05, 0.1) is 17.0 Å². The van der Waals surface area contributed by atoms with E-state index in [0.717, 1.165) is 32.6 Å². The number of carbonyl (C=O) groups is 1. The van der Waals surface area contributed by atoms with Gasteiger partial charge < -0.3 is 5.32 Å². The molecule has 2 aromatic heterocycles. The highest BCUT2D eigenvalue weighted by Gasteiger charge is 2.24. The number of fused-ring (bicyclic) bond motifs is 2. The Morgan fingerprint density at radius 2 is 2.10 bits per heavy atom. The maximum atomic E-state index is 12.2. The number of rotatable bonds is 1. The van der Waals surface area contributed by atoms with Gasteiger partial charge in [-0.15, -0.1) is 0 Å². The van der Waals surface area contributed by atoms with Gasteiger partial charge in [-0.1, -0.05) is 29.5 Å². The van der Waals surface area contributed by atoms with E-state index in [-0.39, 0.29) is 5.91 Å². The molecule has 4 rings (SSSR count). The number of aryl methyl sites for hydroxylation is 2. The summed E-state index contributed by atoms with van der Waals surface area (Å²) in [6.45, 7) is 3.88. The minimum Gasteiger partial charge on any atom is -0.321 e. The average Bonchev–Trinajstić information content (AvgIpc) is 3.04. The molecule has 1 aliphatic rings. The number of benzene rings is 1. The zero-order valence-electron chi connectivity index (χ0n) is 11.5. The van der Waals surface area contributed by atoms with Crippen molar-refractivity contribution in [2.75, 3.05) is 5.32 Å². The van der Waals surface area contributed by atoms with Gasteiger partial charge in [0, 0.05) is 11.3 Å². The standard InChI is InChI=1S/C15H12N4OS/c1-8-13(19-15(16-8)21-9(2)18-19)7-11-10-5-3-4-6-12(10)17-14(11)20/h3-7H,1-2H3,(H,17,20)/b11-7+. The molecule has 21 heavy (non-hydrogen) atoms. The molecule has 0 saturated carbocycles. The summed E-state index contributed by atoms with van der Waals surface area (Å²) >= 11 is 1.54. The molecule has 104 valence electrons. The number of carbonyl (C=O) groups excluding carboxylic acids is 1. The van der Waals surface area contributed by atoms with Crippen LogP contribution in [0.4, 0.5) is 5.69 Å². The fourth-order valence-electron chi connectivity index (χ4n) is 2.54. The predicted molar refractivity (Wildman–Crippen MR) is 83.3 cm³/mol. The molecular weight excluding hydrogens is 284 g/mol. The van der Waals surface area contributed by atoms with Gasteiger partial charge in [0.25, 0.3) is 5.91 Å². The van der Waals surface area contributed by atoms with Gasteiger partial charge in [0.2, 0.25) is 4.96 Å². The second kappa shape index (κ2) is 4.26. The maximum absolute atomic E-state index is 12.2. The van der Waals surface area contributed by atoms with Crippen LogP contribution in [-0.4, -0.2) is 20.5 Å². The van der Waals surface area contributed by atoms with E-state index in [1.54, 1.807) is 15.9 Å². The van der Waals surface area contributed by atoms with Gasteiger partial charge >= 0.3 is 0 Å². The number of nitrogens with zero attached hydrogens (tertiary/aromatic N) is 3. The number of hydrogen-bond acceptors (Lipinski definition) is 4. The highest BCUT2D eigenvalue weighted by atomic mass is 32.1. The van der Waals surface area contributed by atoms with Crippen LogP contribution in [0, 0.1) is 13.8 Å². The minimum atomic E-state index is -0.0856. The van der Waals surface area contributed by atoms with Crippen LogP contribution in [0.15, 0.2) is 24.3 Å². The summed E-state index contributed by atoms with van der Waals surface area (Å²) in [5, 5.41) is 8.28. The quantitative estimate of drug-likeness (QED) is 0.702. The third kappa shape index (κ3) is 1.80. The molecule has 0 radical (unpaired) electrons. The maximum Gasteiger partial charge on any atom is 0.256 e. The van der Waals surface area contributed by atoms with E-state index in [1.807, 2.05) is 44.2 Å². The average molecular weight is 296 g/mol. The number of para-hydroxylation sites is 1. The second-order valence-electron chi connectivity index (χ2n) is 4.96. The van der Waals surface area contributed by atoms with Crippen LogP contribution < -0.4 is 5.32 Å². The number of hydrogen-bond donors (Lipinski definition) is 1. The van der Waals surface area contributed by atoms with Gasteiger partial charge in [0.1, 0.15) is 5.01 Å². The fourth-order valence-corrected chi connectivity index (χ4v) is 3.34. The molecule has 0 unspecified atom stereocenters. The van der Waals surface area contributed by atoms with Crippen LogP contribution >= 0.6 is 11.3 Å². The number of anilines is 1. The molecule has 3 aromatic rings. The van der Waals surface area contributed by atoms with Crippen LogP contribution in [0.25, 0.3) is 16.6 Å². The van der Waals surface area contributed by atoms with E-state index in [2.05, 4.69) is 15.4 Å². The van der Waals surface area contributed by atoms with Crippen LogP contribution in [0.5, 0.6) is 0 Å². The summed E-state index contributed by atoms with van der Waals surface area (Å²) in [7, 11) is 0. The lowest BCUT2D eigenvalue weighted by Crippen LogP contribution is -2.04. The lowest BCUT2D eigenvalue weighted by atomic mass is 10.1. The number of imidazole rings is 1. The molecule has 0 bridgehead atoms. The van der Waals surface area contributed by atoms with Crippen molar-refractivity contribution in [1.29, 1.82) is 0 Å². The molecular formula is C15H12N4OS. The first-order valence-electron chi connectivity index (χ1n) is 6.59. The Hall–Kier alpha value is -2.47. The summed E-state index contributed by atoms with van der Waals surface area (Å²) in [6, 6.07) is 7.69. The van der Waals surface area contributed by atoms with E-state index < -0.39 is 0 Å². The third-order valence-electron chi connectivity index (χ3n) is 3.51. The normalized spacial score (nSPS) is 15.7. The van der Waals surface area contributed by atoms with E-state index in [1.165, 1.54) is 0 Å². The topological polar surface area (TPSA) is 59.3 Å². The van der Waals surface area contributed by atoms with Crippen molar-refractivity contribution in [1.82, 2.24) is 14.6 Å². The summed E-state index contributed by atoms with van der Waals surface area (Å²) in [6.07, 6.45) is 1.87. The van der Waals surface area contributed by atoms with Crippen LogP contribution in [0.1, 0.15) is 22.0 Å². The third-order valence-corrected chi connectivity index (χ3v) is 4.34. The number of nitrogens with one attached hydrogen (secondary N) is 1. The van der Waals surface area contributed by atoms with Gasteiger partial charge in [0.15, 0.2) is 0 Å². The number of amides is 1. The van der Waals surface area contributed by atoms with Crippen LogP contribution in [0.3, 0.4) is 0 Å². The van der Waals surface area contributed by atoms with Crippen molar-refractivity contribution < 1.29 is 4.79 Å². The SMILES string of the molecule is Cc1nn2c(/C=C3/C(=O)Nc4ccccc43)c(C)nc2s1. The summed E-state index contributed by atoms with van der Waals surface area (Å²) in [4.78, 5) is 17.5. The minimum absolute atomic E-state index is 0.0856. The smallest absolute Gasteiger partial charge is 0.256 e. The zero-order valence-corrected chi connectivity index (χ0v) is 12.4. The predicted octanol–water partition coefficient (Wildman–Crippen LogP) is 2.90. The molecule has 1 aromatic carbocycles. The molecule has 0 atom stereocenters. The van der Waals surface area contributed by atoms with Crippen molar-refractivity contribution in [3.63, 3.8) is 0 Å². The molecule has 6 heteroatoms. The van der Waals surface area contributed by atoms with Gasteiger partial charge in [-0.2, -0.15) is 5.10 Å². The molecule has 0 aliphatic carbocycles. The molecule has 5 nitrogen and oxygen atoms in total. The summed E-state index contributed by atoms with van der Waals surface area (Å²) in [5.41, 5.74) is 4.15.